The van der Waals surface area contributed by atoms with Crippen LogP contribution < -0.4 is 0 Å². The van der Waals surface area contributed by atoms with Crippen LogP contribution in [0.5, 0.6) is 0 Å². The second-order valence-corrected chi connectivity index (χ2v) is 6.72. The summed E-state index contributed by atoms with van der Waals surface area (Å²) in [6, 6.07) is 15.2. The van der Waals surface area contributed by atoms with Crippen LogP contribution in [0.2, 0.25) is 0 Å². The zero-order valence-electron chi connectivity index (χ0n) is 15.4. The van der Waals surface area contributed by atoms with Crippen molar-refractivity contribution < 1.29 is 9.90 Å². The van der Waals surface area contributed by atoms with Crippen LogP contribution in [-0.2, 0) is 0 Å². The maximum atomic E-state index is 11.7. The number of aromatic carboxylic acids is 1. The molecule has 0 fully saturated rings. The Labute approximate surface area is 156 Å². The van der Waals surface area contributed by atoms with Gasteiger partial charge in [-0.1, -0.05) is 30.3 Å². The van der Waals surface area contributed by atoms with E-state index in [-0.39, 0.29) is 5.56 Å². The van der Waals surface area contributed by atoms with Crippen LogP contribution in [0.4, 0.5) is 0 Å². The van der Waals surface area contributed by atoms with E-state index in [0.717, 1.165) is 28.1 Å². The number of aromatic nitrogens is 3. The third kappa shape index (κ3) is 2.87. The fourth-order valence-corrected chi connectivity index (χ4v) is 3.34. The van der Waals surface area contributed by atoms with Gasteiger partial charge in [0.1, 0.15) is 0 Å². The molecule has 5 heteroatoms. The molecule has 0 amide bonds. The summed E-state index contributed by atoms with van der Waals surface area (Å²) in [6.07, 6.45) is 1.75. The predicted octanol–water partition coefficient (Wildman–Crippen LogP) is 4.71. The Hall–Kier alpha value is -3.47. The van der Waals surface area contributed by atoms with Crippen molar-refractivity contribution in [2.45, 2.75) is 20.8 Å². The van der Waals surface area contributed by atoms with Crippen LogP contribution in [0.25, 0.3) is 27.8 Å². The standard InChI is InChI=1S/C22H19N3O2/c1-13-8-9-14(2)21(10-13)25-15(3)18(12-23-25)20-11-17(22(26)27)16-6-4-5-7-19(16)24-20/h4-12H,1-3H3,(H,26,27). The first kappa shape index (κ1) is 17.0. The van der Waals surface area contributed by atoms with Gasteiger partial charge < -0.3 is 5.11 Å². The highest BCUT2D eigenvalue weighted by Crippen LogP contribution is 2.29. The number of pyridine rings is 1. The fraction of sp³-hybridized carbons (Fsp3) is 0.136. The Bertz CT molecular complexity index is 1190. The first-order valence-corrected chi connectivity index (χ1v) is 8.71. The van der Waals surface area contributed by atoms with E-state index in [1.807, 2.05) is 43.7 Å². The molecule has 0 aliphatic heterocycles. The fourth-order valence-electron chi connectivity index (χ4n) is 3.34. The van der Waals surface area contributed by atoms with Crippen LogP contribution in [0, 0.1) is 20.8 Å². The predicted molar refractivity (Wildman–Crippen MR) is 105 cm³/mol. The molecule has 0 aliphatic carbocycles. The number of carbonyl (C=O) groups is 1. The summed E-state index contributed by atoms with van der Waals surface area (Å²) in [5.41, 5.74) is 6.55. The van der Waals surface area contributed by atoms with E-state index in [1.54, 1.807) is 18.3 Å². The van der Waals surface area contributed by atoms with Crippen molar-refractivity contribution in [3.63, 3.8) is 0 Å². The number of para-hydroxylation sites is 1. The number of fused-ring (bicyclic) bond motifs is 1. The van der Waals surface area contributed by atoms with Crippen molar-refractivity contribution in [3.05, 3.63) is 77.1 Å². The number of rotatable bonds is 3. The molecule has 134 valence electrons. The average Bonchev–Trinajstić information content (AvgIpc) is 3.04. The summed E-state index contributed by atoms with van der Waals surface area (Å²) >= 11 is 0. The zero-order chi connectivity index (χ0) is 19.1. The molecule has 27 heavy (non-hydrogen) atoms. The Morgan fingerprint density at radius 1 is 1.04 bits per heavy atom. The van der Waals surface area contributed by atoms with Gasteiger partial charge in [-0.05, 0) is 50.1 Å². The number of hydrogen-bond donors (Lipinski definition) is 1. The second-order valence-electron chi connectivity index (χ2n) is 6.72. The molecule has 0 radical (unpaired) electrons. The SMILES string of the molecule is Cc1ccc(C)c(-n2ncc(-c3cc(C(=O)O)c4ccccc4n3)c2C)c1. The van der Waals surface area contributed by atoms with Crippen molar-refractivity contribution in [3.8, 4) is 16.9 Å². The number of benzene rings is 2. The summed E-state index contributed by atoms with van der Waals surface area (Å²) in [7, 11) is 0. The van der Waals surface area contributed by atoms with Crippen LogP contribution >= 0.6 is 0 Å². The third-order valence-electron chi connectivity index (χ3n) is 4.83. The van der Waals surface area contributed by atoms with Gasteiger partial charge in [0.05, 0.1) is 34.4 Å². The summed E-state index contributed by atoms with van der Waals surface area (Å²) in [5, 5.41) is 14.8. The van der Waals surface area contributed by atoms with Crippen LogP contribution in [0.15, 0.2) is 54.7 Å². The van der Waals surface area contributed by atoms with Gasteiger partial charge in [0.2, 0.25) is 0 Å². The summed E-state index contributed by atoms with van der Waals surface area (Å²) in [4.78, 5) is 16.4. The van der Waals surface area contributed by atoms with Gasteiger partial charge in [-0.3, -0.25) is 0 Å². The van der Waals surface area contributed by atoms with E-state index in [2.05, 4.69) is 28.3 Å². The van der Waals surface area contributed by atoms with Gasteiger partial charge in [-0.25, -0.2) is 14.5 Å². The first-order chi connectivity index (χ1) is 13.0. The quantitative estimate of drug-likeness (QED) is 0.576. The third-order valence-corrected chi connectivity index (χ3v) is 4.83. The van der Waals surface area contributed by atoms with Gasteiger partial charge >= 0.3 is 5.97 Å². The molecule has 2 aromatic heterocycles. The van der Waals surface area contributed by atoms with Gasteiger partial charge in [0, 0.05) is 10.9 Å². The minimum Gasteiger partial charge on any atom is -0.478 e. The normalized spacial score (nSPS) is 11.1. The maximum Gasteiger partial charge on any atom is 0.336 e. The molecule has 2 heterocycles. The van der Waals surface area contributed by atoms with E-state index < -0.39 is 5.97 Å². The highest BCUT2D eigenvalue weighted by molar-refractivity contribution is 6.03. The lowest BCUT2D eigenvalue weighted by Gasteiger charge is -2.10. The van der Waals surface area contributed by atoms with Crippen LogP contribution in [-0.4, -0.2) is 25.8 Å². The second kappa shape index (κ2) is 6.36. The van der Waals surface area contributed by atoms with E-state index in [4.69, 9.17) is 0 Å². The van der Waals surface area contributed by atoms with E-state index in [0.29, 0.717) is 16.6 Å². The molecule has 0 atom stereocenters. The molecule has 0 unspecified atom stereocenters. The summed E-state index contributed by atoms with van der Waals surface area (Å²) < 4.78 is 1.88. The molecule has 0 saturated carbocycles. The number of carboxylic acids is 1. The molecular formula is C22H19N3O2. The molecule has 1 N–H and O–H groups in total. The molecule has 0 spiro atoms. The van der Waals surface area contributed by atoms with Crippen molar-refractivity contribution in [2.75, 3.05) is 0 Å². The lowest BCUT2D eigenvalue weighted by atomic mass is 10.0. The van der Waals surface area contributed by atoms with Crippen LogP contribution in [0.3, 0.4) is 0 Å². The van der Waals surface area contributed by atoms with Gasteiger partial charge in [-0.15, -0.1) is 0 Å². The Morgan fingerprint density at radius 3 is 2.59 bits per heavy atom. The lowest BCUT2D eigenvalue weighted by Crippen LogP contribution is -2.03. The van der Waals surface area contributed by atoms with Gasteiger partial charge in [-0.2, -0.15) is 5.10 Å². The summed E-state index contributed by atoms with van der Waals surface area (Å²) in [6.45, 7) is 6.07. The Morgan fingerprint density at radius 2 is 1.81 bits per heavy atom. The highest BCUT2D eigenvalue weighted by Gasteiger charge is 2.17. The van der Waals surface area contributed by atoms with Crippen molar-refractivity contribution in [1.82, 2.24) is 14.8 Å². The minimum absolute atomic E-state index is 0.245. The van der Waals surface area contributed by atoms with Gasteiger partial charge in [0.15, 0.2) is 0 Å². The number of hydrogen-bond acceptors (Lipinski definition) is 3. The molecule has 2 aromatic carbocycles. The van der Waals surface area contributed by atoms with Gasteiger partial charge in [0.25, 0.3) is 0 Å². The maximum absolute atomic E-state index is 11.7. The highest BCUT2D eigenvalue weighted by atomic mass is 16.4. The molecule has 4 aromatic rings. The van der Waals surface area contributed by atoms with Crippen LogP contribution in [0.1, 0.15) is 27.2 Å². The zero-order valence-corrected chi connectivity index (χ0v) is 15.4. The first-order valence-electron chi connectivity index (χ1n) is 8.71. The van der Waals surface area contributed by atoms with Crippen molar-refractivity contribution >= 4 is 16.9 Å². The molecule has 0 aliphatic rings. The van der Waals surface area contributed by atoms with E-state index >= 15 is 0 Å². The largest absolute Gasteiger partial charge is 0.478 e. The molecule has 5 nitrogen and oxygen atoms in total. The minimum atomic E-state index is -0.963. The smallest absolute Gasteiger partial charge is 0.336 e. The Balaban J connectivity index is 1.92. The number of aryl methyl sites for hydroxylation is 2. The Kier molecular flexibility index (Phi) is 4.00. The monoisotopic (exact) mass is 357 g/mol. The molecular weight excluding hydrogens is 338 g/mol. The number of carboxylic acid groups (broad SMARTS) is 1. The average molecular weight is 357 g/mol. The van der Waals surface area contributed by atoms with Crippen molar-refractivity contribution in [2.24, 2.45) is 0 Å². The number of nitrogens with zero attached hydrogens (tertiary/aromatic N) is 3. The molecule has 0 saturated heterocycles. The topological polar surface area (TPSA) is 68.0 Å². The molecule has 0 bridgehead atoms. The molecule has 4 rings (SSSR count). The summed E-state index contributed by atoms with van der Waals surface area (Å²) in [5.74, 6) is -0.963. The van der Waals surface area contributed by atoms with Crippen molar-refractivity contribution in [1.29, 1.82) is 0 Å². The van der Waals surface area contributed by atoms with E-state index in [9.17, 15) is 9.90 Å². The van der Waals surface area contributed by atoms with E-state index in [1.165, 1.54) is 0 Å². The lowest BCUT2D eigenvalue weighted by molar-refractivity contribution is 0.0699.